The Balaban J connectivity index is 1.64. The Morgan fingerprint density at radius 3 is 1.60 bits per heavy atom. The smallest absolute Gasteiger partial charge is 0.193 e. The van der Waals surface area contributed by atoms with Crippen LogP contribution in [0.2, 0.25) is 0 Å². The fraction of sp³-hybridized carbons (Fsp3) is 0.200. The number of hydrogen-bond donors (Lipinski definition) is 1. The molecule has 0 amide bonds. The molecule has 0 bridgehead atoms. The third kappa shape index (κ3) is 5.85. The third-order valence-corrected chi connectivity index (χ3v) is 6.50. The molecule has 0 spiro atoms. The van der Waals surface area contributed by atoms with Gasteiger partial charge in [-0.05, 0) is 60.7 Å². The zero-order valence-corrected chi connectivity index (χ0v) is 18.6. The van der Waals surface area contributed by atoms with E-state index in [1.54, 1.807) is 23.5 Å². The number of carbonyl (C=O) groups is 2. The van der Waals surface area contributed by atoms with Crippen LogP contribution in [0.1, 0.15) is 40.1 Å². The number of rotatable bonds is 9. The Morgan fingerprint density at radius 2 is 1.17 bits per heavy atom. The first-order valence-corrected chi connectivity index (χ1v) is 11.6. The van der Waals surface area contributed by atoms with Gasteiger partial charge in [0.05, 0.1) is 6.61 Å². The summed E-state index contributed by atoms with van der Waals surface area (Å²) >= 11 is 3.16. The molecule has 0 aliphatic heterocycles. The lowest BCUT2D eigenvalue weighted by Crippen LogP contribution is -2.06. The maximum absolute atomic E-state index is 12.7. The van der Waals surface area contributed by atoms with Crippen molar-refractivity contribution < 1.29 is 14.7 Å². The van der Waals surface area contributed by atoms with Crippen molar-refractivity contribution >= 4 is 35.1 Å². The summed E-state index contributed by atoms with van der Waals surface area (Å²) in [5.74, 6) is 0.767. The minimum Gasteiger partial charge on any atom is -0.396 e. The van der Waals surface area contributed by atoms with E-state index in [0.29, 0.717) is 16.9 Å². The van der Waals surface area contributed by atoms with Gasteiger partial charge in [-0.2, -0.15) is 0 Å². The van der Waals surface area contributed by atoms with Crippen molar-refractivity contribution in [3.63, 3.8) is 0 Å². The van der Waals surface area contributed by atoms with Crippen LogP contribution < -0.4 is 0 Å². The van der Waals surface area contributed by atoms with Crippen molar-refractivity contribution in [2.24, 2.45) is 5.92 Å². The normalized spacial score (nSPS) is 10.9. The molecule has 0 aliphatic carbocycles. The zero-order chi connectivity index (χ0) is 21.5. The number of aliphatic hydroxyl groups excluding tert-OH is 1. The van der Waals surface area contributed by atoms with Crippen LogP contribution in [0.4, 0.5) is 0 Å². The van der Waals surface area contributed by atoms with Gasteiger partial charge in [0, 0.05) is 43.0 Å². The molecular formula is C25H24O3S2. The van der Waals surface area contributed by atoms with Crippen LogP contribution in [0.25, 0.3) is 0 Å². The maximum Gasteiger partial charge on any atom is 0.193 e. The molecule has 0 fully saturated rings. The van der Waals surface area contributed by atoms with Gasteiger partial charge in [-0.25, -0.2) is 0 Å². The molecule has 154 valence electrons. The number of hydrogen-bond acceptors (Lipinski definition) is 5. The lowest BCUT2D eigenvalue weighted by atomic mass is 10.0. The Labute approximate surface area is 185 Å². The molecule has 0 saturated carbocycles. The molecule has 0 radical (unpaired) electrons. The highest BCUT2D eigenvalue weighted by atomic mass is 32.2. The third-order valence-electron chi connectivity index (χ3n) is 4.49. The summed E-state index contributed by atoms with van der Waals surface area (Å²) < 4.78 is 0. The van der Waals surface area contributed by atoms with Crippen LogP contribution >= 0.6 is 23.5 Å². The molecule has 30 heavy (non-hydrogen) atoms. The van der Waals surface area contributed by atoms with E-state index in [1.807, 2.05) is 86.6 Å². The predicted octanol–water partition coefficient (Wildman–Crippen LogP) is 5.99. The molecule has 0 unspecified atom stereocenters. The van der Waals surface area contributed by atoms with E-state index in [1.165, 1.54) is 0 Å². The van der Waals surface area contributed by atoms with E-state index in [4.69, 9.17) is 5.11 Å². The van der Waals surface area contributed by atoms with E-state index >= 15 is 0 Å². The molecule has 0 aliphatic rings. The van der Waals surface area contributed by atoms with Crippen molar-refractivity contribution in [2.75, 3.05) is 12.4 Å². The molecule has 0 aromatic heterocycles. The highest BCUT2D eigenvalue weighted by Crippen LogP contribution is 2.29. The number of benzene rings is 3. The zero-order valence-electron chi connectivity index (χ0n) is 17.0. The fourth-order valence-electron chi connectivity index (χ4n) is 2.86. The predicted molar refractivity (Wildman–Crippen MR) is 124 cm³/mol. The van der Waals surface area contributed by atoms with E-state index in [0.717, 1.165) is 20.2 Å². The van der Waals surface area contributed by atoms with Crippen molar-refractivity contribution in [1.82, 2.24) is 0 Å². The van der Waals surface area contributed by atoms with Crippen LogP contribution in [0.3, 0.4) is 0 Å². The summed E-state index contributed by atoms with van der Waals surface area (Å²) in [5, 5.41) is 8.90. The molecule has 0 heterocycles. The average Bonchev–Trinajstić information content (AvgIpc) is 2.78. The standard InChI is InChI=1S/C25H24O3S2/c1-17(2)24(27)18-5-11-22(12-6-18)30-23-13-7-20(8-14-23)25(28)19-3-9-21(10-4-19)29-16-15-26/h3-14,17,26H,15-16H2,1-2H3. The van der Waals surface area contributed by atoms with Crippen LogP contribution in [0.15, 0.2) is 87.5 Å². The first-order chi connectivity index (χ1) is 14.5. The fourth-order valence-corrected chi connectivity index (χ4v) is 4.34. The highest BCUT2D eigenvalue weighted by molar-refractivity contribution is 7.99. The van der Waals surface area contributed by atoms with Gasteiger partial charge in [0.1, 0.15) is 0 Å². The van der Waals surface area contributed by atoms with Gasteiger partial charge in [-0.1, -0.05) is 37.7 Å². The molecule has 3 aromatic rings. The quantitative estimate of drug-likeness (QED) is 0.330. The number of ketones is 2. The van der Waals surface area contributed by atoms with E-state index in [9.17, 15) is 9.59 Å². The van der Waals surface area contributed by atoms with Crippen molar-refractivity contribution in [3.8, 4) is 0 Å². The number of carbonyl (C=O) groups excluding carboxylic acids is 2. The maximum atomic E-state index is 12.7. The Bertz CT molecular complexity index is 992. The monoisotopic (exact) mass is 436 g/mol. The summed E-state index contributed by atoms with van der Waals surface area (Å²) in [6, 6.07) is 22.7. The summed E-state index contributed by atoms with van der Waals surface area (Å²) in [6.45, 7) is 3.94. The lowest BCUT2D eigenvalue weighted by molar-refractivity contribution is 0.0938. The van der Waals surface area contributed by atoms with Crippen LogP contribution in [-0.4, -0.2) is 29.0 Å². The molecule has 3 aromatic carbocycles. The first kappa shape index (κ1) is 22.3. The van der Waals surface area contributed by atoms with Gasteiger partial charge in [0.15, 0.2) is 11.6 Å². The van der Waals surface area contributed by atoms with Gasteiger partial charge >= 0.3 is 0 Å². The summed E-state index contributed by atoms with van der Waals surface area (Å²) in [4.78, 5) is 27.9. The van der Waals surface area contributed by atoms with Crippen LogP contribution in [0.5, 0.6) is 0 Å². The minimum absolute atomic E-state index is 0.0101. The SMILES string of the molecule is CC(C)C(=O)c1ccc(Sc2ccc(C(=O)c3ccc(SCCO)cc3)cc2)cc1. The second-order valence-electron chi connectivity index (χ2n) is 7.10. The second kappa shape index (κ2) is 10.6. The number of Topliss-reactive ketones (excluding diaryl/α,β-unsaturated/α-hetero) is 1. The van der Waals surface area contributed by atoms with Crippen molar-refractivity contribution in [1.29, 1.82) is 0 Å². The molecule has 3 rings (SSSR count). The largest absolute Gasteiger partial charge is 0.396 e. The van der Waals surface area contributed by atoms with Crippen molar-refractivity contribution in [3.05, 3.63) is 89.5 Å². The van der Waals surface area contributed by atoms with Gasteiger partial charge < -0.3 is 5.11 Å². The van der Waals surface area contributed by atoms with Crippen molar-refractivity contribution in [2.45, 2.75) is 28.5 Å². The van der Waals surface area contributed by atoms with E-state index in [2.05, 4.69) is 0 Å². The topological polar surface area (TPSA) is 54.4 Å². The average molecular weight is 437 g/mol. The molecule has 5 heteroatoms. The van der Waals surface area contributed by atoms with Gasteiger partial charge in [0.25, 0.3) is 0 Å². The highest BCUT2D eigenvalue weighted by Gasteiger charge is 2.11. The van der Waals surface area contributed by atoms with Crippen LogP contribution in [0, 0.1) is 5.92 Å². The Hall–Kier alpha value is -2.34. The van der Waals surface area contributed by atoms with Gasteiger partial charge in [-0.3, -0.25) is 9.59 Å². The van der Waals surface area contributed by atoms with E-state index in [-0.39, 0.29) is 24.1 Å². The molecule has 0 atom stereocenters. The minimum atomic E-state index is -0.0122. The van der Waals surface area contributed by atoms with E-state index < -0.39 is 0 Å². The first-order valence-electron chi connectivity index (χ1n) is 9.78. The summed E-state index contributed by atoms with van der Waals surface area (Å²) in [6.07, 6.45) is 0. The number of thioether (sulfide) groups is 1. The summed E-state index contributed by atoms with van der Waals surface area (Å²) in [7, 11) is 0. The molecular weight excluding hydrogens is 412 g/mol. The second-order valence-corrected chi connectivity index (χ2v) is 9.41. The Kier molecular flexibility index (Phi) is 7.91. The van der Waals surface area contributed by atoms with Crippen LogP contribution in [-0.2, 0) is 0 Å². The Morgan fingerprint density at radius 1 is 0.733 bits per heavy atom. The summed E-state index contributed by atoms with van der Waals surface area (Å²) in [5.41, 5.74) is 2.03. The molecule has 3 nitrogen and oxygen atoms in total. The van der Waals surface area contributed by atoms with Gasteiger partial charge in [0.2, 0.25) is 0 Å². The molecule has 1 N–H and O–H groups in total. The van der Waals surface area contributed by atoms with Gasteiger partial charge in [-0.15, -0.1) is 11.8 Å². The lowest BCUT2D eigenvalue weighted by Gasteiger charge is -2.07. The number of aliphatic hydroxyl groups is 1. The molecule has 0 saturated heterocycles.